The lowest BCUT2D eigenvalue weighted by atomic mass is 9.78. The Morgan fingerprint density at radius 3 is 2.56 bits per heavy atom. The second kappa shape index (κ2) is 9.00. The molecule has 1 saturated carbocycles. The summed E-state index contributed by atoms with van der Waals surface area (Å²) in [5.74, 6) is 1.95. The van der Waals surface area contributed by atoms with Crippen molar-refractivity contribution >= 4 is 0 Å². The summed E-state index contributed by atoms with van der Waals surface area (Å²) >= 11 is 0. The lowest BCUT2D eigenvalue weighted by Gasteiger charge is -2.28. The molecule has 0 radical (unpaired) electrons. The molecule has 0 bridgehead atoms. The molecule has 0 saturated heterocycles. The summed E-state index contributed by atoms with van der Waals surface area (Å²) in [5.41, 5.74) is 0. The van der Waals surface area contributed by atoms with Gasteiger partial charge in [-0.1, -0.05) is 32.6 Å². The van der Waals surface area contributed by atoms with Crippen molar-refractivity contribution in [3.05, 3.63) is 0 Å². The maximum Gasteiger partial charge on any atom is 0.0431 e. The maximum absolute atomic E-state index is 8.64. The Hall–Kier alpha value is -0.0800. The van der Waals surface area contributed by atoms with Gasteiger partial charge in [-0.05, 0) is 50.6 Å². The average Bonchev–Trinajstić information content (AvgIpc) is 2.30. The van der Waals surface area contributed by atoms with E-state index in [1.807, 2.05) is 0 Å². The summed E-state index contributed by atoms with van der Waals surface area (Å²) in [6.07, 6.45) is 10.6. The van der Waals surface area contributed by atoms with E-state index in [1.165, 1.54) is 38.5 Å². The molecular weight excluding hydrogens is 198 g/mol. The van der Waals surface area contributed by atoms with Crippen LogP contribution in [0.15, 0.2) is 0 Å². The van der Waals surface area contributed by atoms with Gasteiger partial charge in [-0.3, -0.25) is 0 Å². The third kappa shape index (κ3) is 5.86. The van der Waals surface area contributed by atoms with Gasteiger partial charge in [0.05, 0.1) is 0 Å². The van der Waals surface area contributed by atoms with E-state index in [9.17, 15) is 0 Å². The number of nitrogens with one attached hydrogen (secondary N) is 1. The van der Waals surface area contributed by atoms with E-state index in [4.69, 9.17) is 5.11 Å². The predicted molar refractivity (Wildman–Crippen MR) is 69.5 cm³/mol. The highest BCUT2D eigenvalue weighted by Gasteiger charge is 2.20. The fourth-order valence-electron chi connectivity index (χ4n) is 2.80. The lowest BCUT2D eigenvalue weighted by molar-refractivity contribution is 0.237. The first-order valence-electron chi connectivity index (χ1n) is 7.16. The summed E-state index contributed by atoms with van der Waals surface area (Å²) in [5, 5.41) is 12.1. The summed E-state index contributed by atoms with van der Waals surface area (Å²) in [6, 6.07) is 0. The van der Waals surface area contributed by atoms with Crippen molar-refractivity contribution in [2.24, 2.45) is 11.8 Å². The summed E-state index contributed by atoms with van der Waals surface area (Å²) < 4.78 is 0. The van der Waals surface area contributed by atoms with Gasteiger partial charge < -0.3 is 10.4 Å². The zero-order valence-corrected chi connectivity index (χ0v) is 10.9. The van der Waals surface area contributed by atoms with E-state index in [2.05, 4.69) is 12.2 Å². The van der Waals surface area contributed by atoms with Gasteiger partial charge in [0.25, 0.3) is 0 Å². The van der Waals surface area contributed by atoms with Gasteiger partial charge in [-0.25, -0.2) is 0 Å². The average molecular weight is 227 g/mol. The van der Waals surface area contributed by atoms with Crippen molar-refractivity contribution in [3.8, 4) is 0 Å². The molecular formula is C14H29NO. The Labute approximate surface area is 101 Å². The molecule has 2 unspecified atom stereocenters. The molecule has 0 spiro atoms. The number of hydrogen-bond acceptors (Lipinski definition) is 2. The summed E-state index contributed by atoms with van der Waals surface area (Å²) in [6.45, 7) is 5.00. The monoisotopic (exact) mass is 227 g/mol. The summed E-state index contributed by atoms with van der Waals surface area (Å²) in [4.78, 5) is 0. The van der Waals surface area contributed by atoms with Gasteiger partial charge in [0.1, 0.15) is 0 Å². The number of hydrogen-bond donors (Lipinski definition) is 2. The fourth-order valence-corrected chi connectivity index (χ4v) is 2.80. The number of aliphatic hydroxyl groups is 1. The Balaban J connectivity index is 1.90. The van der Waals surface area contributed by atoms with Crippen LogP contribution in [-0.2, 0) is 0 Å². The smallest absolute Gasteiger partial charge is 0.0431 e. The van der Waals surface area contributed by atoms with E-state index in [1.54, 1.807) is 0 Å². The van der Waals surface area contributed by atoms with Gasteiger partial charge in [0.15, 0.2) is 0 Å². The van der Waals surface area contributed by atoms with Crippen molar-refractivity contribution in [2.75, 3.05) is 19.7 Å². The van der Waals surface area contributed by atoms with Crippen LogP contribution in [0.4, 0.5) is 0 Å². The Morgan fingerprint density at radius 2 is 1.81 bits per heavy atom. The van der Waals surface area contributed by atoms with E-state index in [0.717, 1.165) is 37.8 Å². The molecule has 1 aliphatic carbocycles. The summed E-state index contributed by atoms with van der Waals surface area (Å²) in [7, 11) is 0. The second-order valence-corrected chi connectivity index (χ2v) is 5.34. The molecule has 0 heterocycles. The normalized spacial score (nSPS) is 25.9. The van der Waals surface area contributed by atoms with Crippen molar-refractivity contribution in [2.45, 2.75) is 58.3 Å². The van der Waals surface area contributed by atoms with Gasteiger partial charge in [-0.15, -0.1) is 0 Å². The Bertz CT molecular complexity index is 161. The first-order valence-corrected chi connectivity index (χ1v) is 7.16. The maximum atomic E-state index is 8.64. The molecule has 2 nitrogen and oxygen atoms in total. The third-order valence-corrected chi connectivity index (χ3v) is 3.98. The SMILES string of the molecule is CC1CCCCC1CCCNCCCCO. The Kier molecular flexibility index (Phi) is 7.87. The zero-order valence-electron chi connectivity index (χ0n) is 10.9. The van der Waals surface area contributed by atoms with Crippen molar-refractivity contribution in [3.63, 3.8) is 0 Å². The molecule has 2 atom stereocenters. The predicted octanol–water partition coefficient (Wildman–Crippen LogP) is 2.96. The van der Waals surface area contributed by atoms with Crippen molar-refractivity contribution in [1.29, 1.82) is 0 Å². The van der Waals surface area contributed by atoms with Gasteiger partial charge in [0.2, 0.25) is 0 Å². The molecule has 0 aliphatic heterocycles. The first-order chi connectivity index (χ1) is 7.84. The van der Waals surface area contributed by atoms with Crippen LogP contribution in [-0.4, -0.2) is 24.8 Å². The quantitative estimate of drug-likeness (QED) is 0.625. The minimum absolute atomic E-state index is 0.335. The van der Waals surface area contributed by atoms with Crippen LogP contribution in [0.3, 0.4) is 0 Å². The molecule has 0 aromatic rings. The van der Waals surface area contributed by atoms with Crippen molar-refractivity contribution in [1.82, 2.24) is 5.32 Å². The molecule has 1 rings (SSSR count). The Morgan fingerprint density at radius 1 is 1.06 bits per heavy atom. The molecule has 2 heteroatoms. The number of unbranched alkanes of at least 4 members (excludes halogenated alkanes) is 1. The molecule has 1 fully saturated rings. The van der Waals surface area contributed by atoms with Crippen LogP contribution in [0.5, 0.6) is 0 Å². The van der Waals surface area contributed by atoms with E-state index in [0.29, 0.717) is 6.61 Å². The highest BCUT2D eigenvalue weighted by atomic mass is 16.2. The van der Waals surface area contributed by atoms with Gasteiger partial charge in [-0.2, -0.15) is 0 Å². The third-order valence-electron chi connectivity index (χ3n) is 3.98. The molecule has 0 amide bonds. The number of aliphatic hydroxyl groups excluding tert-OH is 1. The van der Waals surface area contributed by atoms with E-state index >= 15 is 0 Å². The van der Waals surface area contributed by atoms with Gasteiger partial charge in [0, 0.05) is 6.61 Å². The molecule has 0 aromatic heterocycles. The number of rotatable bonds is 8. The molecule has 2 N–H and O–H groups in total. The largest absolute Gasteiger partial charge is 0.396 e. The lowest BCUT2D eigenvalue weighted by Crippen LogP contribution is -2.21. The van der Waals surface area contributed by atoms with Gasteiger partial charge >= 0.3 is 0 Å². The van der Waals surface area contributed by atoms with Crippen LogP contribution < -0.4 is 5.32 Å². The fraction of sp³-hybridized carbons (Fsp3) is 1.00. The topological polar surface area (TPSA) is 32.3 Å². The molecule has 0 aromatic carbocycles. The molecule has 96 valence electrons. The molecule has 1 aliphatic rings. The zero-order chi connectivity index (χ0) is 11.6. The minimum atomic E-state index is 0.335. The standard InChI is InChI=1S/C14H29NO/c1-13-7-2-3-8-14(13)9-6-11-15-10-4-5-12-16/h13-16H,2-12H2,1H3. The highest BCUT2D eigenvalue weighted by Crippen LogP contribution is 2.32. The van der Waals surface area contributed by atoms with E-state index < -0.39 is 0 Å². The van der Waals surface area contributed by atoms with Crippen LogP contribution in [0.1, 0.15) is 58.3 Å². The first kappa shape index (κ1) is 14.0. The van der Waals surface area contributed by atoms with Crippen LogP contribution in [0.25, 0.3) is 0 Å². The minimum Gasteiger partial charge on any atom is -0.396 e. The van der Waals surface area contributed by atoms with Crippen LogP contribution in [0, 0.1) is 11.8 Å². The van der Waals surface area contributed by atoms with E-state index in [-0.39, 0.29) is 0 Å². The highest BCUT2D eigenvalue weighted by molar-refractivity contribution is 4.72. The molecule has 16 heavy (non-hydrogen) atoms. The van der Waals surface area contributed by atoms with Crippen LogP contribution >= 0.6 is 0 Å². The van der Waals surface area contributed by atoms with Crippen LogP contribution in [0.2, 0.25) is 0 Å². The van der Waals surface area contributed by atoms with Crippen molar-refractivity contribution < 1.29 is 5.11 Å². The second-order valence-electron chi connectivity index (χ2n) is 5.34.